The van der Waals surface area contributed by atoms with Gasteiger partial charge in [-0.2, -0.15) is 5.10 Å². The quantitative estimate of drug-likeness (QED) is 0.901. The molecule has 2 N–H and O–H groups in total. The van der Waals surface area contributed by atoms with Gasteiger partial charge in [0.15, 0.2) is 5.82 Å². The molecule has 118 valence electrons. The molecule has 0 radical (unpaired) electrons. The lowest BCUT2D eigenvalue weighted by atomic mass is 10.0. The molecule has 0 atom stereocenters. The SMILES string of the molecule is Cc1cc(N2CCC(NC(=O)c3c(C)noc3C)CC2)n[nH]1. The third-order valence-electron chi connectivity index (χ3n) is 4.11. The fraction of sp³-hybridized carbons (Fsp3) is 0.533. The molecule has 3 rings (SSSR count). The number of aromatic amines is 1. The number of nitrogens with one attached hydrogen (secondary N) is 2. The highest BCUT2D eigenvalue weighted by Crippen LogP contribution is 2.19. The molecule has 1 amide bonds. The summed E-state index contributed by atoms with van der Waals surface area (Å²) in [5.41, 5.74) is 2.26. The molecular formula is C15H21N5O2. The van der Waals surface area contributed by atoms with Crippen LogP contribution < -0.4 is 10.2 Å². The maximum atomic E-state index is 12.3. The first-order valence-electron chi connectivity index (χ1n) is 7.55. The summed E-state index contributed by atoms with van der Waals surface area (Å²) in [4.78, 5) is 14.6. The fourth-order valence-electron chi connectivity index (χ4n) is 2.88. The van der Waals surface area contributed by atoms with Gasteiger partial charge in [-0.05, 0) is 33.6 Å². The molecule has 2 aromatic heterocycles. The van der Waals surface area contributed by atoms with Crippen molar-refractivity contribution in [1.82, 2.24) is 20.7 Å². The number of hydrogen-bond donors (Lipinski definition) is 2. The number of hydrogen-bond acceptors (Lipinski definition) is 5. The maximum absolute atomic E-state index is 12.3. The van der Waals surface area contributed by atoms with E-state index in [4.69, 9.17) is 4.52 Å². The molecule has 0 unspecified atom stereocenters. The van der Waals surface area contributed by atoms with Gasteiger partial charge in [-0.15, -0.1) is 0 Å². The Labute approximate surface area is 129 Å². The number of H-pyrrole nitrogens is 1. The summed E-state index contributed by atoms with van der Waals surface area (Å²) in [7, 11) is 0. The summed E-state index contributed by atoms with van der Waals surface area (Å²) >= 11 is 0. The molecule has 0 spiro atoms. The smallest absolute Gasteiger partial charge is 0.257 e. The van der Waals surface area contributed by atoms with Crippen molar-refractivity contribution in [3.63, 3.8) is 0 Å². The summed E-state index contributed by atoms with van der Waals surface area (Å²) < 4.78 is 5.05. The number of carbonyl (C=O) groups is 1. The Morgan fingerprint density at radius 1 is 1.36 bits per heavy atom. The Morgan fingerprint density at radius 3 is 2.64 bits per heavy atom. The summed E-state index contributed by atoms with van der Waals surface area (Å²) in [5.74, 6) is 1.46. The number of carbonyl (C=O) groups excluding carboxylic acids is 1. The van der Waals surface area contributed by atoms with Gasteiger partial charge in [0, 0.05) is 30.9 Å². The zero-order valence-corrected chi connectivity index (χ0v) is 13.1. The summed E-state index contributed by atoms with van der Waals surface area (Å²) in [6.45, 7) is 7.31. The molecule has 0 aromatic carbocycles. The van der Waals surface area contributed by atoms with Crippen LogP contribution in [-0.4, -0.2) is 40.4 Å². The van der Waals surface area contributed by atoms with Crippen molar-refractivity contribution >= 4 is 11.7 Å². The van der Waals surface area contributed by atoms with Gasteiger partial charge in [-0.1, -0.05) is 5.16 Å². The van der Waals surface area contributed by atoms with Gasteiger partial charge in [-0.25, -0.2) is 0 Å². The van der Waals surface area contributed by atoms with E-state index in [1.54, 1.807) is 13.8 Å². The van der Waals surface area contributed by atoms with E-state index in [1.807, 2.05) is 13.0 Å². The molecular weight excluding hydrogens is 282 g/mol. The molecule has 7 heteroatoms. The standard InChI is InChI=1S/C15H21N5O2/c1-9-8-13(18-17-9)20-6-4-12(5-7-20)16-15(21)14-10(2)19-22-11(14)3/h8,12H,4-7H2,1-3H3,(H,16,21)(H,17,18). The van der Waals surface area contributed by atoms with E-state index in [9.17, 15) is 4.79 Å². The van der Waals surface area contributed by atoms with E-state index in [-0.39, 0.29) is 11.9 Å². The predicted octanol–water partition coefficient (Wildman–Crippen LogP) is 1.72. The van der Waals surface area contributed by atoms with E-state index in [1.165, 1.54) is 0 Å². The number of anilines is 1. The molecule has 3 heterocycles. The Morgan fingerprint density at radius 2 is 2.09 bits per heavy atom. The molecule has 22 heavy (non-hydrogen) atoms. The van der Waals surface area contributed by atoms with Crippen LogP contribution in [0.2, 0.25) is 0 Å². The molecule has 1 fully saturated rings. The zero-order chi connectivity index (χ0) is 15.7. The lowest BCUT2D eigenvalue weighted by Crippen LogP contribution is -2.45. The van der Waals surface area contributed by atoms with Gasteiger partial charge < -0.3 is 14.7 Å². The number of amides is 1. The summed E-state index contributed by atoms with van der Waals surface area (Å²) in [6.07, 6.45) is 1.81. The fourth-order valence-corrected chi connectivity index (χ4v) is 2.88. The minimum atomic E-state index is -0.0923. The van der Waals surface area contributed by atoms with Crippen molar-refractivity contribution in [2.45, 2.75) is 39.7 Å². The van der Waals surface area contributed by atoms with Gasteiger partial charge in [0.25, 0.3) is 5.91 Å². The van der Waals surface area contributed by atoms with Crippen LogP contribution in [0.5, 0.6) is 0 Å². The highest BCUT2D eigenvalue weighted by molar-refractivity contribution is 5.96. The number of aromatic nitrogens is 3. The monoisotopic (exact) mass is 303 g/mol. The number of rotatable bonds is 3. The van der Waals surface area contributed by atoms with Crippen molar-refractivity contribution in [1.29, 1.82) is 0 Å². The Kier molecular flexibility index (Phi) is 3.87. The highest BCUT2D eigenvalue weighted by atomic mass is 16.5. The van der Waals surface area contributed by atoms with Crippen molar-refractivity contribution in [3.05, 3.63) is 28.8 Å². The van der Waals surface area contributed by atoms with Crippen LogP contribution in [0.3, 0.4) is 0 Å². The molecule has 7 nitrogen and oxygen atoms in total. The number of aryl methyl sites for hydroxylation is 3. The molecule has 1 aliphatic heterocycles. The molecule has 1 aliphatic rings. The van der Waals surface area contributed by atoms with Gasteiger partial charge in [0.05, 0.1) is 5.69 Å². The Balaban J connectivity index is 1.57. The second-order valence-corrected chi connectivity index (χ2v) is 5.84. The first kappa shape index (κ1) is 14.6. The normalized spacial score (nSPS) is 16.0. The van der Waals surface area contributed by atoms with E-state index in [2.05, 4.69) is 25.6 Å². The molecule has 0 aliphatic carbocycles. The lowest BCUT2D eigenvalue weighted by molar-refractivity contribution is 0.0929. The van der Waals surface area contributed by atoms with Gasteiger partial charge >= 0.3 is 0 Å². The average Bonchev–Trinajstić information content (AvgIpc) is 3.06. The Bertz CT molecular complexity index is 648. The minimum absolute atomic E-state index is 0.0923. The van der Waals surface area contributed by atoms with Crippen LogP contribution >= 0.6 is 0 Å². The van der Waals surface area contributed by atoms with Crippen LogP contribution in [0.1, 0.15) is 40.3 Å². The topological polar surface area (TPSA) is 87.1 Å². The van der Waals surface area contributed by atoms with Crippen molar-refractivity contribution in [2.24, 2.45) is 0 Å². The van der Waals surface area contributed by atoms with Crippen LogP contribution in [0.4, 0.5) is 5.82 Å². The molecule has 2 aromatic rings. The summed E-state index contributed by atoms with van der Waals surface area (Å²) in [6, 6.07) is 2.22. The molecule has 0 saturated carbocycles. The Hall–Kier alpha value is -2.31. The number of nitrogens with zero attached hydrogens (tertiary/aromatic N) is 3. The third-order valence-corrected chi connectivity index (χ3v) is 4.11. The maximum Gasteiger partial charge on any atom is 0.257 e. The lowest BCUT2D eigenvalue weighted by Gasteiger charge is -2.32. The van der Waals surface area contributed by atoms with Gasteiger partial charge in [0.1, 0.15) is 11.3 Å². The minimum Gasteiger partial charge on any atom is -0.361 e. The van der Waals surface area contributed by atoms with E-state index < -0.39 is 0 Å². The number of piperidine rings is 1. The van der Waals surface area contributed by atoms with Crippen LogP contribution in [-0.2, 0) is 0 Å². The van der Waals surface area contributed by atoms with Crippen molar-refractivity contribution < 1.29 is 9.32 Å². The highest BCUT2D eigenvalue weighted by Gasteiger charge is 2.25. The third kappa shape index (κ3) is 2.84. The largest absolute Gasteiger partial charge is 0.361 e. The van der Waals surface area contributed by atoms with E-state index in [0.717, 1.165) is 37.4 Å². The van der Waals surface area contributed by atoms with Crippen molar-refractivity contribution in [2.75, 3.05) is 18.0 Å². The van der Waals surface area contributed by atoms with Crippen molar-refractivity contribution in [3.8, 4) is 0 Å². The van der Waals surface area contributed by atoms with Crippen LogP contribution in [0, 0.1) is 20.8 Å². The van der Waals surface area contributed by atoms with E-state index in [0.29, 0.717) is 17.0 Å². The van der Waals surface area contributed by atoms with Crippen LogP contribution in [0.15, 0.2) is 10.6 Å². The van der Waals surface area contributed by atoms with Gasteiger partial charge in [-0.3, -0.25) is 9.89 Å². The first-order chi connectivity index (χ1) is 10.5. The van der Waals surface area contributed by atoms with E-state index >= 15 is 0 Å². The first-order valence-corrected chi connectivity index (χ1v) is 7.55. The zero-order valence-electron chi connectivity index (χ0n) is 13.1. The predicted molar refractivity (Wildman–Crippen MR) is 82.0 cm³/mol. The summed E-state index contributed by atoms with van der Waals surface area (Å²) in [5, 5.41) is 14.2. The van der Waals surface area contributed by atoms with Gasteiger partial charge in [0.2, 0.25) is 0 Å². The molecule has 1 saturated heterocycles. The van der Waals surface area contributed by atoms with Crippen LogP contribution in [0.25, 0.3) is 0 Å². The second-order valence-electron chi connectivity index (χ2n) is 5.84. The second kappa shape index (κ2) is 5.82. The average molecular weight is 303 g/mol. The molecule has 0 bridgehead atoms.